The number of phenols is 1. The van der Waals surface area contributed by atoms with E-state index in [0.29, 0.717) is 34.5 Å². The van der Waals surface area contributed by atoms with Crippen molar-refractivity contribution >= 4 is 34.4 Å². The number of rotatable bonds is 6. The second-order valence-electron chi connectivity index (χ2n) is 6.57. The Kier molecular flexibility index (Phi) is 5.21. The van der Waals surface area contributed by atoms with E-state index in [1.54, 1.807) is 49.6 Å². The minimum Gasteiger partial charge on any atom is -0.502 e. The minimum absolute atomic E-state index is 0.162. The Balaban J connectivity index is 1.67. The average Bonchev–Trinajstić information content (AvgIpc) is 3.21. The van der Waals surface area contributed by atoms with E-state index < -0.39 is 27.0 Å². The summed E-state index contributed by atoms with van der Waals surface area (Å²) in [6.45, 7) is 0. The van der Waals surface area contributed by atoms with Gasteiger partial charge in [0.05, 0.1) is 28.7 Å². The summed E-state index contributed by atoms with van der Waals surface area (Å²) < 4.78 is 10.9. The molecule has 0 aliphatic heterocycles. The average molecular weight is 434 g/mol. The number of hydrogen-bond acceptors (Lipinski definition) is 9. The van der Waals surface area contributed by atoms with Gasteiger partial charge in [-0.2, -0.15) is 0 Å². The van der Waals surface area contributed by atoms with Crippen LogP contribution in [0.2, 0.25) is 0 Å². The summed E-state index contributed by atoms with van der Waals surface area (Å²) in [6.07, 6.45) is 1.11. The lowest BCUT2D eigenvalue weighted by Gasteiger charge is -2.01. The molecule has 0 aliphatic carbocycles. The molecule has 4 rings (SSSR count). The van der Waals surface area contributed by atoms with Gasteiger partial charge in [-0.05, 0) is 42.5 Å². The molecular formula is C21H14N4O7. The molecule has 0 atom stereocenters. The van der Waals surface area contributed by atoms with Crippen LogP contribution in [0.5, 0.6) is 11.5 Å². The Labute approximate surface area is 179 Å². The van der Waals surface area contributed by atoms with Gasteiger partial charge in [-0.25, -0.2) is 4.98 Å². The Hall–Kier alpha value is -4.80. The van der Waals surface area contributed by atoms with Gasteiger partial charge >= 0.3 is 5.69 Å². The normalized spacial score (nSPS) is 11.2. The minimum atomic E-state index is -0.901. The van der Waals surface area contributed by atoms with Crippen molar-refractivity contribution in [1.29, 1.82) is 0 Å². The summed E-state index contributed by atoms with van der Waals surface area (Å²) in [7, 11) is 1.57. The van der Waals surface area contributed by atoms with Gasteiger partial charge in [-0.3, -0.25) is 25.2 Å². The number of nitro groups is 2. The molecular weight excluding hydrogens is 420 g/mol. The summed E-state index contributed by atoms with van der Waals surface area (Å²) in [6, 6.07) is 13.8. The van der Waals surface area contributed by atoms with Crippen LogP contribution in [0, 0.1) is 20.2 Å². The number of methoxy groups -OCH3 is 1. The quantitative estimate of drug-likeness (QED) is 0.258. The lowest BCUT2D eigenvalue weighted by atomic mass is 10.1. The van der Waals surface area contributed by atoms with Crippen LogP contribution in [0.3, 0.4) is 0 Å². The molecule has 3 aromatic carbocycles. The van der Waals surface area contributed by atoms with Crippen LogP contribution in [-0.2, 0) is 0 Å². The van der Waals surface area contributed by atoms with Crippen LogP contribution in [-0.4, -0.2) is 33.3 Å². The number of aromatic nitrogens is 1. The zero-order chi connectivity index (χ0) is 22.8. The number of aliphatic imine (C=N–C) groups is 1. The summed E-state index contributed by atoms with van der Waals surface area (Å²) in [5, 5.41) is 32.2. The summed E-state index contributed by atoms with van der Waals surface area (Å²) in [5.41, 5.74) is 0.707. The van der Waals surface area contributed by atoms with Crippen molar-refractivity contribution < 1.29 is 24.1 Å². The van der Waals surface area contributed by atoms with Crippen molar-refractivity contribution in [1.82, 2.24) is 4.98 Å². The summed E-state index contributed by atoms with van der Waals surface area (Å²) >= 11 is 0. The highest BCUT2D eigenvalue weighted by Crippen LogP contribution is 2.34. The SMILES string of the molecule is COc1ccc(-c2nc3cc(N=Cc4cc([N+](=O)[O-])cc([N+](=O)[O-])c4O)ccc3o2)cc1. The zero-order valence-electron chi connectivity index (χ0n) is 16.5. The topological polar surface area (TPSA) is 154 Å². The number of nitro benzene ring substituents is 2. The number of nitrogens with zero attached hydrogens (tertiary/aromatic N) is 4. The van der Waals surface area contributed by atoms with Gasteiger partial charge in [0, 0.05) is 23.4 Å². The Morgan fingerprint density at radius 2 is 1.81 bits per heavy atom. The van der Waals surface area contributed by atoms with Crippen LogP contribution < -0.4 is 4.74 Å². The van der Waals surface area contributed by atoms with E-state index in [4.69, 9.17) is 9.15 Å². The Morgan fingerprint density at radius 3 is 2.47 bits per heavy atom. The lowest BCUT2D eigenvalue weighted by Crippen LogP contribution is -1.96. The fraction of sp³-hybridized carbons (Fsp3) is 0.0476. The molecule has 1 aromatic heterocycles. The maximum Gasteiger partial charge on any atom is 0.318 e. The standard InChI is InChI=1S/C21H14N4O7/c1-31-16-5-2-12(3-6-16)21-23-17-9-14(4-7-19(17)32-21)22-11-13-8-15(24(27)28)10-18(20(13)26)25(29)30/h2-11,26H,1H3. The molecule has 1 heterocycles. The van der Waals surface area contributed by atoms with Gasteiger partial charge in [0.25, 0.3) is 5.69 Å². The summed E-state index contributed by atoms with van der Waals surface area (Å²) in [5.74, 6) is 0.385. The third-order valence-corrected chi connectivity index (χ3v) is 4.57. The number of oxazole rings is 1. The number of ether oxygens (including phenoxy) is 1. The first-order chi connectivity index (χ1) is 15.4. The van der Waals surface area contributed by atoms with Crippen molar-refractivity contribution in [3.63, 3.8) is 0 Å². The predicted molar refractivity (Wildman–Crippen MR) is 115 cm³/mol. The molecule has 11 nitrogen and oxygen atoms in total. The second kappa shape index (κ2) is 8.14. The highest BCUT2D eigenvalue weighted by atomic mass is 16.6. The van der Waals surface area contributed by atoms with Crippen molar-refractivity contribution in [2.75, 3.05) is 7.11 Å². The monoisotopic (exact) mass is 434 g/mol. The van der Waals surface area contributed by atoms with Crippen LogP contribution in [0.15, 0.2) is 64.0 Å². The van der Waals surface area contributed by atoms with E-state index in [1.165, 1.54) is 0 Å². The molecule has 4 aromatic rings. The molecule has 1 N–H and O–H groups in total. The number of hydrogen-bond donors (Lipinski definition) is 1. The summed E-state index contributed by atoms with van der Waals surface area (Å²) in [4.78, 5) is 29.0. The molecule has 11 heteroatoms. The van der Waals surface area contributed by atoms with Gasteiger partial charge in [-0.15, -0.1) is 0 Å². The third kappa shape index (κ3) is 3.94. The van der Waals surface area contributed by atoms with Crippen molar-refractivity contribution in [3.05, 3.63) is 80.4 Å². The maximum atomic E-state index is 11.1. The Bertz CT molecular complexity index is 1380. The van der Waals surface area contributed by atoms with Crippen molar-refractivity contribution in [2.45, 2.75) is 0 Å². The molecule has 0 saturated heterocycles. The fourth-order valence-electron chi connectivity index (χ4n) is 2.97. The molecule has 0 spiro atoms. The predicted octanol–water partition coefficient (Wildman–Crippen LogP) is 4.78. The smallest absolute Gasteiger partial charge is 0.318 e. The number of fused-ring (bicyclic) bond motifs is 1. The first kappa shape index (κ1) is 20.5. The Morgan fingerprint density at radius 1 is 1.06 bits per heavy atom. The van der Waals surface area contributed by atoms with Crippen molar-refractivity contribution in [2.24, 2.45) is 4.99 Å². The molecule has 32 heavy (non-hydrogen) atoms. The first-order valence-corrected chi connectivity index (χ1v) is 9.10. The fourth-order valence-corrected chi connectivity index (χ4v) is 2.97. The van der Waals surface area contributed by atoms with Gasteiger partial charge in [0.2, 0.25) is 11.6 Å². The van der Waals surface area contributed by atoms with E-state index in [2.05, 4.69) is 9.98 Å². The zero-order valence-corrected chi connectivity index (χ0v) is 16.5. The number of benzene rings is 3. The van der Waals surface area contributed by atoms with Crippen LogP contribution in [0.4, 0.5) is 17.1 Å². The van der Waals surface area contributed by atoms with Crippen LogP contribution >= 0.6 is 0 Å². The largest absolute Gasteiger partial charge is 0.502 e. The van der Waals surface area contributed by atoms with E-state index in [1.807, 2.05) is 0 Å². The van der Waals surface area contributed by atoms with E-state index in [0.717, 1.165) is 17.8 Å². The van der Waals surface area contributed by atoms with Gasteiger partial charge in [0.15, 0.2) is 5.58 Å². The maximum absolute atomic E-state index is 11.1. The number of aromatic hydroxyl groups is 1. The van der Waals surface area contributed by atoms with E-state index in [-0.39, 0.29) is 5.56 Å². The van der Waals surface area contributed by atoms with Gasteiger partial charge in [0.1, 0.15) is 11.3 Å². The molecule has 0 saturated carbocycles. The van der Waals surface area contributed by atoms with E-state index >= 15 is 0 Å². The van der Waals surface area contributed by atoms with Crippen LogP contribution in [0.25, 0.3) is 22.6 Å². The molecule has 0 radical (unpaired) electrons. The van der Waals surface area contributed by atoms with Gasteiger partial charge in [-0.1, -0.05) is 0 Å². The third-order valence-electron chi connectivity index (χ3n) is 4.57. The molecule has 0 amide bonds. The van der Waals surface area contributed by atoms with Gasteiger partial charge < -0.3 is 14.3 Å². The number of non-ortho nitro benzene ring substituents is 1. The second-order valence-corrected chi connectivity index (χ2v) is 6.57. The molecule has 160 valence electrons. The molecule has 0 aliphatic rings. The number of phenolic OH excluding ortho intramolecular Hbond substituents is 1. The molecule has 0 bridgehead atoms. The molecule has 0 unspecified atom stereocenters. The lowest BCUT2D eigenvalue weighted by molar-refractivity contribution is -0.394. The first-order valence-electron chi connectivity index (χ1n) is 9.10. The molecule has 0 fully saturated rings. The highest BCUT2D eigenvalue weighted by molar-refractivity contribution is 5.89. The van der Waals surface area contributed by atoms with Crippen molar-refractivity contribution in [3.8, 4) is 23.0 Å². The van der Waals surface area contributed by atoms with Crippen LogP contribution in [0.1, 0.15) is 5.56 Å². The van der Waals surface area contributed by atoms with E-state index in [9.17, 15) is 25.3 Å². The highest BCUT2D eigenvalue weighted by Gasteiger charge is 2.23.